The molecule has 2 aromatic rings. The molecule has 0 saturated heterocycles. The average Bonchev–Trinajstić information content (AvgIpc) is 3.21. The van der Waals surface area contributed by atoms with Gasteiger partial charge in [0.1, 0.15) is 0 Å². The Morgan fingerprint density at radius 2 is 1.93 bits per heavy atom. The van der Waals surface area contributed by atoms with Crippen LogP contribution in [0.25, 0.3) is 0 Å². The SMILES string of the molecule is COc1ccc(N2C(=S)N[C@H](c3ccsc3)C(C(=O)OC(C)C)=C2C)cc1OC. The first-order valence-electron chi connectivity index (χ1n) is 9.13. The Labute approximate surface area is 180 Å². The van der Waals surface area contributed by atoms with E-state index >= 15 is 0 Å². The predicted molar refractivity (Wildman–Crippen MR) is 119 cm³/mol. The van der Waals surface area contributed by atoms with Gasteiger partial charge in [0.05, 0.1) is 37.6 Å². The molecule has 0 bridgehead atoms. The number of allylic oxidation sites excluding steroid dienone is 1. The summed E-state index contributed by atoms with van der Waals surface area (Å²) in [6, 6.07) is 7.12. The predicted octanol–water partition coefficient (Wildman–Crippen LogP) is 4.43. The summed E-state index contributed by atoms with van der Waals surface area (Å²) in [7, 11) is 3.16. The number of nitrogens with zero attached hydrogens (tertiary/aromatic N) is 1. The van der Waals surface area contributed by atoms with E-state index in [4.69, 9.17) is 26.4 Å². The van der Waals surface area contributed by atoms with Crippen LogP contribution in [0.15, 0.2) is 46.3 Å². The molecule has 29 heavy (non-hydrogen) atoms. The number of carbonyl (C=O) groups is 1. The number of methoxy groups -OCH3 is 2. The monoisotopic (exact) mass is 432 g/mol. The Morgan fingerprint density at radius 1 is 1.21 bits per heavy atom. The van der Waals surface area contributed by atoms with E-state index in [1.807, 2.05) is 54.6 Å². The number of ether oxygens (including phenoxy) is 3. The van der Waals surface area contributed by atoms with Crippen LogP contribution >= 0.6 is 23.6 Å². The van der Waals surface area contributed by atoms with Gasteiger partial charge in [-0.05, 0) is 67.5 Å². The maximum Gasteiger partial charge on any atom is 0.338 e. The van der Waals surface area contributed by atoms with E-state index in [0.29, 0.717) is 27.9 Å². The molecule has 0 radical (unpaired) electrons. The molecule has 0 saturated carbocycles. The molecule has 1 atom stereocenters. The zero-order valence-electron chi connectivity index (χ0n) is 17.0. The summed E-state index contributed by atoms with van der Waals surface area (Å²) in [6.45, 7) is 5.54. The van der Waals surface area contributed by atoms with E-state index in [1.165, 1.54) is 0 Å². The third-order valence-corrected chi connectivity index (χ3v) is 5.55. The normalized spacial score (nSPS) is 16.7. The zero-order valence-corrected chi connectivity index (χ0v) is 18.6. The van der Waals surface area contributed by atoms with Crippen molar-refractivity contribution in [3.63, 3.8) is 0 Å². The lowest BCUT2D eigenvalue weighted by Gasteiger charge is -2.37. The van der Waals surface area contributed by atoms with Crippen molar-refractivity contribution in [1.29, 1.82) is 0 Å². The van der Waals surface area contributed by atoms with Crippen LogP contribution in [-0.4, -0.2) is 31.4 Å². The van der Waals surface area contributed by atoms with Crippen molar-refractivity contribution >= 4 is 40.3 Å². The first-order chi connectivity index (χ1) is 13.9. The minimum Gasteiger partial charge on any atom is -0.493 e. The molecular weight excluding hydrogens is 408 g/mol. The van der Waals surface area contributed by atoms with Gasteiger partial charge in [0.15, 0.2) is 16.6 Å². The molecule has 1 aliphatic rings. The van der Waals surface area contributed by atoms with Gasteiger partial charge < -0.3 is 19.5 Å². The second kappa shape index (κ2) is 8.84. The van der Waals surface area contributed by atoms with Gasteiger partial charge in [0.25, 0.3) is 0 Å². The fourth-order valence-corrected chi connectivity index (χ4v) is 4.30. The van der Waals surface area contributed by atoms with Crippen LogP contribution < -0.4 is 19.7 Å². The fraction of sp³-hybridized carbons (Fsp3) is 0.333. The van der Waals surface area contributed by atoms with Crippen LogP contribution in [0, 0.1) is 0 Å². The van der Waals surface area contributed by atoms with Gasteiger partial charge >= 0.3 is 5.97 Å². The van der Waals surface area contributed by atoms with E-state index < -0.39 is 0 Å². The summed E-state index contributed by atoms with van der Waals surface area (Å²) in [6.07, 6.45) is -0.227. The van der Waals surface area contributed by atoms with Crippen molar-refractivity contribution in [2.75, 3.05) is 19.1 Å². The zero-order chi connectivity index (χ0) is 21.1. The summed E-state index contributed by atoms with van der Waals surface area (Å²) in [5.41, 5.74) is 2.97. The van der Waals surface area contributed by atoms with Gasteiger partial charge in [-0.3, -0.25) is 4.90 Å². The highest BCUT2D eigenvalue weighted by atomic mass is 32.1. The van der Waals surface area contributed by atoms with Gasteiger partial charge in [-0.15, -0.1) is 0 Å². The Kier molecular flexibility index (Phi) is 6.44. The van der Waals surface area contributed by atoms with Gasteiger partial charge in [0.2, 0.25) is 0 Å². The third-order valence-electron chi connectivity index (χ3n) is 4.55. The number of anilines is 1. The van der Waals surface area contributed by atoms with Crippen LogP contribution in [0.2, 0.25) is 0 Å². The highest BCUT2D eigenvalue weighted by molar-refractivity contribution is 7.80. The van der Waals surface area contributed by atoms with E-state index in [9.17, 15) is 4.79 Å². The molecule has 154 valence electrons. The van der Waals surface area contributed by atoms with Gasteiger partial charge in [0, 0.05) is 11.8 Å². The number of hydrogen-bond donors (Lipinski definition) is 1. The Balaban J connectivity index is 2.12. The number of thiocarbonyl (C=S) groups is 1. The van der Waals surface area contributed by atoms with E-state index in [-0.39, 0.29) is 18.1 Å². The lowest BCUT2D eigenvalue weighted by Crippen LogP contribution is -2.48. The van der Waals surface area contributed by atoms with Crippen LogP contribution in [-0.2, 0) is 9.53 Å². The fourth-order valence-electron chi connectivity index (χ4n) is 3.25. The van der Waals surface area contributed by atoms with Crippen LogP contribution in [0.1, 0.15) is 32.4 Å². The largest absolute Gasteiger partial charge is 0.493 e. The van der Waals surface area contributed by atoms with Gasteiger partial charge in [-0.2, -0.15) is 11.3 Å². The van der Waals surface area contributed by atoms with E-state index in [1.54, 1.807) is 31.6 Å². The smallest absolute Gasteiger partial charge is 0.338 e. The summed E-state index contributed by atoms with van der Waals surface area (Å²) in [5, 5.41) is 7.77. The molecule has 2 heterocycles. The average molecular weight is 433 g/mol. The standard InChI is InChI=1S/C21H24N2O4S2/c1-12(2)27-20(24)18-13(3)23(15-6-7-16(25-4)17(10-15)26-5)21(28)22-19(18)14-8-9-29-11-14/h6-12,19H,1-5H3,(H,22,28)/t19-/m1/s1. The number of rotatable bonds is 6. The number of nitrogens with one attached hydrogen (secondary N) is 1. The minimum atomic E-state index is -0.367. The molecule has 1 aliphatic heterocycles. The second-order valence-electron chi connectivity index (χ2n) is 6.77. The molecule has 0 amide bonds. The summed E-state index contributed by atoms with van der Waals surface area (Å²) < 4.78 is 16.3. The number of esters is 1. The lowest BCUT2D eigenvalue weighted by molar-refractivity contribution is -0.143. The first kappa shape index (κ1) is 21.1. The maximum atomic E-state index is 13.0. The van der Waals surface area contributed by atoms with E-state index in [2.05, 4.69) is 5.32 Å². The van der Waals surface area contributed by atoms with E-state index in [0.717, 1.165) is 11.3 Å². The summed E-state index contributed by atoms with van der Waals surface area (Å²) in [5.74, 6) is 0.824. The van der Waals surface area contributed by atoms with Crippen LogP contribution in [0.5, 0.6) is 11.5 Å². The quantitative estimate of drug-likeness (QED) is 0.535. The van der Waals surface area contributed by atoms with Crippen LogP contribution in [0.4, 0.5) is 5.69 Å². The maximum absolute atomic E-state index is 13.0. The van der Waals surface area contributed by atoms with Crippen molar-refractivity contribution in [3.8, 4) is 11.5 Å². The van der Waals surface area contributed by atoms with Crippen LogP contribution in [0.3, 0.4) is 0 Å². The number of hydrogen-bond acceptors (Lipinski definition) is 6. The Hall–Kier alpha value is -2.58. The molecule has 6 nitrogen and oxygen atoms in total. The van der Waals surface area contributed by atoms with Crippen molar-refractivity contribution in [2.24, 2.45) is 0 Å². The third kappa shape index (κ3) is 4.23. The number of thiophene rings is 1. The van der Waals surface area contributed by atoms with Crippen molar-refractivity contribution < 1.29 is 19.0 Å². The molecule has 8 heteroatoms. The molecule has 0 fully saturated rings. The van der Waals surface area contributed by atoms with Gasteiger partial charge in [-0.25, -0.2) is 4.79 Å². The molecular formula is C21H24N2O4S2. The summed E-state index contributed by atoms with van der Waals surface area (Å²) >= 11 is 7.23. The lowest BCUT2D eigenvalue weighted by atomic mass is 9.96. The van der Waals surface area contributed by atoms with Crippen molar-refractivity contribution in [1.82, 2.24) is 5.32 Å². The Bertz CT molecular complexity index is 938. The minimum absolute atomic E-state index is 0.227. The topological polar surface area (TPSA) is 60.0 Å². The molecule has 0 unspecified atom stereocenters. The highest BCUT2D eigenvalue weighted by Crippen LogP contribution is 2.38. The molecule has 1 aromatic carbocycles. The van der Waals surface area contributed by atoms with Crippen molar-refractivity contribution in [3.05, 3.63) is 51.9 Å². The summed E-state index contributed by atoms with van der Waals surface area (Å²) in [4.78, 5) is 14.8. The molecule has 1 N–H and O–H groups in total. The Morgan fingerprint density at radius 3 is 2.52 bits per heavy atom. The van der Waals surface area contributed by atoms with Crippen molar-refractivity contribution in [2.45, 2.75) is 32.9 Å². The molecule has 3 rings (SSSR count). The first-order valence-corrected chi connectivity index (χ1v) is 10.5. The highest BCUT2D eigenvalue weighted by Gasteiger charge is 2.36. The number of benzene rings is 1. The molecule has 0 aliphatic carbocycles. The van der Waals surface area contributed by atoms with Gasteiger partial charge in [-0.1, -0.05) is 0 Å². The number of carbonyl (C=O) groups excluding carboxylic acids is 1. The second-order valence-corrected chi connectivity index (χ2v) is 7.93. The molecule has 0 spiro atoms. The molecule has 1 aromatic heterocycles.